The largest absolute Gasteiger partial charge is 0.495 e. The van der Waals surface area contributed by atoms with Crippen molar-refractivity contribution >= 4 is 11.6 Å². The van der Waals surface area contributed by atoms with Crippen molar-refractivity contribution < 1.29 is 9.84 Å². The number of para-hydroxylation sites is 1. The Morgan fingerprint density at radius 3 is 2.90 bits per heavy atom. The van der Waals surface area contributed by atoms with Crippen molar-refractivity contribution in [3.05, 3.63) is 42.0 Å². The number of nitrogens with one attached hydrogen (secondary N) is 2. The van der Waals surface area contributed by atoms with E-state index in [1.165, 1.54) is 0 Å². The van der Waals surface area contributed by atoms with Gasteiger partial charge in [0.15, 0.2) is 17.9 Å². The predicted molar refractivity (Wildman–Crippen MR) is 107 cm³/mol. The third-order valence-corrected chi connectivity index (χ3v) is 5.31. The van der Waals surface area contributed by atoms with Crippen LogP contribution in [0.2, 0.25) is 0 Å². The SMILES string of the molecule is COc1cccc2c1NC(N)n1nc(C3CC3c3cnc(NCCO)nc3)nc1-2. The molecule has 5 N–H and O–H groups in total. The van der Waals surface area contributed by atoms with Crippen molar-refractivity contribution in [2.24, 2.45) is 5.73 Å². The molecule has 3 atom stereocenters. The Labute approximate surface area is 167 Å². The van der Waals surface area contributed by atoms with Crippen LogP contribution < -0.4 is 21.1 Å². The molecule has 1 aliphatic heterocycles. The maximum atomic E-state index is 8.87. The number of methoxy groups -OCH3 is 1. The molecule has 10 nitrogen and oxygen atoms in total. The number of aromatic nitrogens is 5. The summed E-state index contributed by atoms with van der Waals surface area (Å²) in [6.45, 7) is 0.467. The second-order valence-electron chi connectivity index (χ2n) is 7.15. The number of rotatable bonds is 6. The number of nitrogens with two attached hydrogens (primary N) is 1. The van der Waals surface area contributed by atoms with Gasteiger partial charge in [-0.25, -0.2) is 19.6 Å². The van der Waals surface area contributed by atoms with Gasteiger partial charge in [-0.1, -0.05) is 6.07 Å². The first kappa shape index (κ1) is 17.8. The summed E-state index contributed by atoms with van der Waals surface area (Å²) < 4.78 is 7.17. The number of ether oxygens (including phenoxy) is 1. The highest BCUT2D eigenvalue weighted by molar-refractivity contribution is 5.81. The normalized spacial score (nSPS) is 21.7. The summed E-state index contributed by atoms with van der Waals surface area (Å²) in [4.78, 5) is 13.4. The quantitative estimate of drug-likeness (QED) is 0.487. The molecule has 0 amide bonds. The lowest BCUT2D eigenvalue weighted by atomic mass is 10.1. The Morgan fingerprint density at radius 1 is 1.31 bits per heavy atom. The molecule has 1 saturated carbocycles. The minimum Gasteiger partial charge on any atom is -0.495 e. The monoisotopic (exact) mass is 394 g/mol. The van der Waals surface area contributed by atoms with E-state index in [9.17, 15) is 0 Å². The van der Waals surface area contributed by atoms with E-state index in [-0.39, 0.29) is 12.5 Å². The van der Waals surface area contributed by atoms with Gasteiger partial charge in [0.1, 0.15) is 5.75 Å². The summed E-state index contributed by atoms with van der Waals surface area (Å²) >= 11 is 0. The van der Waals surface area contributed by atoms with Crippen molar-refractivity contribution in [1.29, 1.82) is 0 Å². The van der Waals surface area contributed by atoms with E-state index in [0.717, 1.165) is 40.6 Å². The van der Waals surface area contributed by atoms with E-state index in [1.54, 1.807) is 11.8 Å². The molecule has 3 aromatic rings. The standard InChI is InChI=1S/C19H22N8O2/c1-29-14-4-2-3-11-15(14)24-18(20)27-17(11)25-16(26-27)13-7-12(13)10-8-22-19(23-9-10)21-5-6-28/h2-4,8-9,12-13,18,24,28H,5-7,20H2,1H3,(H,21,22,23). The lowest BCUT2D eigenvalue weighted by Gasteiger charge is -2.25. The minimum absolute atomic E-state index is 0.0401. The van der Waals surface area contributed by atoms with Crippen LogP contribution in [-0.2, 0) is 0 Å². The van der Waals surface area contributed by atoms with Crippen LogP contribution in [0.1, 0.15) is 35.9 Å². The lowest BCUT2D eigenvalue weighted by Crippen LogP contribution is -2.31. The Hall–Kier alpha value is -3.24. The Bertz CT molecular complexity index is 1040. The first-order valence-corrected chi connectivity index (χ1v) is 9.52. The smallest absolute Gasteiger partial charge is 0.222 e. The molecule has 0 spiro atoms. The number of aliphatic hydroxyl groups is 1. The Kier molecular flexibility index (Phi) is 4.29. The highest BCUT2D eigenvalue weighted by Crippen LogP contribution is 2.54. The molecular weight excluding hydrogens is 372 g/mol. The average Bonchev–Trinajstić information content (AvgIpc) is 3.42. The predicted octanol–water partition coefficient (Wildman–Crippen LogP) is 1.26. The van der Waals surface area contributed by atoms with Crippen molar-refractivity contribution in [2.45, 2.75) is 24.5 Å². The molecule has 1 fully saturated rings. The van der Waals surface area contributed by atoms with E-state index in [1.807, 2.05) is 30.6 Å². The molecule has 0 bridgehead atoms. The molecule has 29 heavy (non-hydrogen) atoms. The summed E-state index contributed by atoms with van der Waals surface area (Å²) in [6, 6.07) is 5.80. The molecule has 5 rings (SSSR count). The lowest BCUT2D eigenvalue weighted by molar-refractivity contribution is 0.311. The topological polar surface area (TPSA) is 136 Å². The zero-order valence-corrected chi connectivity index (χ0v) is 15.9. The summed E-state index contributed by atoms with van der Waals surface area (Å²) in [7, 11) is 1.63. The average molecular weight is 394 g/mol. The van der Waals surface area contributed by atoms with Gasteiger partial charge < -0.3 is 20.5 Å². The molecule has 1 aliphatic carbocycles. The fourth-order valence-electron chi connectivity index (χ4n) is 3.76. The summed E-state index contributed by atoms with van der Waals surface area (Å²) in [5.41, 5.74) is 9.08. The number of fused-ring (bicyclic) bond motifs is 3. The molecule has 10 heteroatoms. The van der Waals surface area contributed by atoms with Crippen LogP contribution in [0.3, 0.4) is 0 Å². The third kappa shape index (κ3) is 3.06. The van der Waals surface area contributed by atoms with Gasteiger partial charge in [0.2, 0.25) is 5.95 Å². The van der Waals surface area contributed by atoms with Gasteiger partial charge in [0.25, 0.3) is 0 Å². The third-order valence-electron chi connectivity index (χ3n) is 5.31. The molecule has 150 valence electrons. The first-order chi connectivity index (χ1) is 14.2. The highest BCUT2D eigenvalue weighted by Gasteiger charge is 2.44. The van der Waals surface area contributed by atoms with Gasteiger partial charge in [-0.15, -0.1) is 0 Å². The number of benzene rings is 1. The second kappa shape index (κ2) is 6.98. The Balaban J connectivity index is 1.39. The zero-order chi connectivity index (χ0) is 20.0. The molecule has 2 aromatic heterocycles. The summed E-state index contributed by atoms with van der Waals surface area (Å²) in [6.07, 6.45) is 4.08. The number of nitrogens with zero attached hydrogens (tertiary/aromatic N) is 5. The van der Waals surface area contributed by atoms with Crippen molar-refractivity contribution in [3.63, 3.8) is 0 Å². The number of anilines is 2. The van der Waals surface area contributed by atoms with Gasteiger partial charge in [0.05, 0.1) is 19.4 Å². The van der Waals surface area contributed by atoms with Gasteiger partial charge >= 0.3 is 0 Å². The van der Waals surface area contributed by atoms with Crippen LogP contribution in [0, 0.1) is 0 Å². The van der Waals surface area contributed by atoms with Crippen LogP contribution in [0.25, 0.3) is 11.4 Å². The van der Waals surface area contributed by atoms with Gasteiger partial charge in [-0.3, -0.25) is 5.73 Å². The number of hydrogen-bond donors (Lipinski definition) is 4. The number of hydrogen-bond acceptors (Lipinski definition) is 9. The van der Waals surface area contributed by atoms with E-state index in [0.29, 0.717) is 18.4 Å². The van der Waals surface area contributed by atoms with Crippen molar-refractivity contribution in [3.8, 4) is 17.1 Å². The van der Waals surface area contributed by atoms with Crippen LogP contribution in [0.5, 0.6) is 5.75 Å². The van der Waals surface area contributed by atoms with Gasteiger partial charge in [-0.05, 0) is 30.0 Å². The van der Waals surface area contributed by atoms with E-state index in [4.69, 9.17) is 20.6 Å². The van der Waals surface area contributed by atoms with Crippen molar-refractivity contribution in [2.75, 3.05) is 30.9 Å². The molecule has 3 heterocycles. The maximum Gasteiger partial charge on any atom is 0.222 e. The minimum atomic E-state index is -0.507. The molecule has 1 aromatic carbocycles. The fourth-order valence-corrected chi connectivity index (χ4v) is 3.76. The maximum absolute atomic E-state index is 8.87. The molecular formula is C19H22N8O2. The van der Waals surface area contributed by atoms with Gasteiger partial charge in [0, 0.05) is 30.4 Å². The number of aliphatic hydroxyl groups excluding tert-OH is 1. The molecule has 0 saturated heterocycles. The van der Waals surface area contributed by atoms with Crippen LogP contribution in [0.15, 0.2) is 30.6 Å². The van der Waals surface area contributed by atoms with E-state index >= 15 is 0 Å². The first-order valence-electron chi connectivity index (χ1n) is 9.52. The summed E-state index contributed by atoms with van der Waals surface area (Å²) in [5, 5.41) is 19.7. The van der Waals surface area contributed by atoms with Crippen LogP contribution in [0.4, 0.5) is 11.6 Å². The van der Waals surface area contributed by atoms with Crippen LogP contribution >= 0.6 is 0 Å². The van der Waals surface area contributed by atoms with E-state index < -0.39 is 6.29 Å². The van der Waals surface area contributed by atoms with Crippen LogP contribution in [-0.4, -0.2) is 50.1 Å². The highest BCUT2D eigenvalue weighted by atomic mass is 16.5. The second-order valence-corrected chi connectivity index (χ2v) is 7.15. The zero-order valence-electron chi connectivity index (χ0n) is 15.9. The molecule has 2 aliphatic rings. The fraction of sp³-hybridized carbons (Fsp3) is 0.368. The summed E-state index contributed by atoms with van der Waals surface area (Å²) in [5.74, 6) is 3.27. The van der Waals surface area contributed by atoms with Crippen molar-refractivity contribution in [1.82, 2.24) is 24.7 Å². The Morgan fingerprint density at radius 2 is 2.14 bits per heavy atom. The molecule has 3 unspecified atom stereocenters. The van der Waals surface area contributed by atoms with E-state index in [2.05, 4.69) is 25.7 Å². The van der Waals surface area contributed by atoms with Gasteiger partial charge in [-0.2, -0.15) is 5.10 Å². The molecule has 0 radical (unpaired) electrons.